The fourth-order valence-electron chi connectivity index (χ4n) is 4.18. The Morgan fingerprint density at radius 1 is 1.10 bits per heavy atom. The molecule has 0 atom stereocenters. The summed E-state index contributed by atoms with van der Waals surface area (Å²) in [6.07, 6.45) is 2.91. The molecule has 0 aliphatic carbocycles. The van der Waals surface area contributed by atoms with E-state index in [-0.39, 0.29) is 23.8 Å². The van der Waals surface area contributed by atoms with Crippen molar-refractivity contribution >= 4 is 17.4 Å². The van der Waals surface area contributed by atoms with Gasteiger partial charge >= 0.3 is 0 Å². The fraction of sp³-hybridized carbons (Fsp3) is 0.583. The molecule has 1 aromatic rings. The molecule has 1 fully saturated rings. The van der Waals surface area contributed by atoms with Gasteiger partial charge in [-0.05, 0) is 63.0 Å². The van der Waals surface area contributed by atoms with Gasteiger partial charge in [0.2, 0.25) is 0 Å². The zero-order valence-corrected chi connectivity index (χ0v) is 19.0. The first-order valence-electron chi connectivity index (χ1n) is 11.1. The first-order valence-corrected chi connectivity index (χ1v) is 11.1. The van der Waals surface area contributed by atoms with E-state index < -0.39 is 0 Å². The molecular weight excluding hydrogens is 378 g/mol. The highest BCUT2D eigenvalue weighted by Crippen LogP contribution is 2.34. The highest BCUT2D eigenvalue weighted by Gasteiger charge is 2.42. The number of ether oxygens (including phenoxy) is 1. The molecule has 2 heterocycles. The Morgan fingerprint density at radius 2 is 1.73 bits per heavy atom. The maximum atomic E-state index is 13.4. The summed E-state index contributed by atoms with van der Waals surface area (Å²) in [5.41, 5.74) is 1.83. The van der Waals surface area contributed by atoms with Crippen LogP contribution in [0.1, 0.15) is 45.6 Å². The number of likely N-dealkylation sites (N-methyl/N-ethyl adjacent to an activating group) is 1. The average molecular weight is 414 g/mol. The molecule has 3 rings (SSSR count). The topological polar surface area (TPSA) is 53.1 Å². The molecule has 0 saturated carbocycles. The van der Waals surface area contributed by atoms with E-state index in [1.807, 2.05) is 45.2 Å². The highest BCUT2D eigenvalue weighted by molar-refractivity contribution is 6.35. The van der Waals surface area contributed by atoms with Gasteiger partial charge in [0.15, 0.2) is 0 Å². The van der Waals surface area contributed by atoms with Crippen molar-refractivity contribution in [3.8, 4) is 5.75 Å². The minimum atomic E-state index is -0.189. The first kappa shape index (κ1) is 22.3. The second kappa shape index (κ2) is 9.65. The first-order chi connectivity index (χ1) is 14.3. The summed E-state index contributed by atoms with van der Waals surface area (Å²) in [4.78, 5) is 32.5. The molecule has 6 nitrogen and oxygen atoms in total. The largest absolute Gasteiger partial charge is 0.494 e. The van der Waals surface area contributed by atoms with Crippen molar-refractivity contribution in [2.24, 2.45) is 5.92 Å². The standard InChI is InChI=1S/C24H35N3O3/c1-6-15-30-20-9-7-18(8-10-20)21-22(24(29)27(23(21)28)16-17(2)3)26(5)19-11-13-25(4)14-12-19/h7-10,17,19H,6,11-16H2,1-5H3. The van der Waals surface area contributed by atoms with Crippen LogP contribution < -0.4 is 4.74 Å². The van der Waals surface area contributed by atoms with E-state index in [2.05, 4.69) is 23.8 Å². The Bertz CT molecular complexity index is 792. The quantitative estimate of drug-likeness (QED) is 0.613. The van der Waals surface area contributed by atoms with Crippen LogP contribution in [0.25, 0.3) is 5.57 Å². The summed E-state index contributed by atoms with van der Waals surface area (Å²) in [5, 5.41) is 0. The number of imide groups is 1. The second-order valence-electron chi connectivity index (χ2n) is 8.86. The van der Waals surface area contributed by atoms with Crippen molar-refractivity contribution in [3.63, 3.8) is 0 Å². The Kier molecular flexibility index (Phi) is 7.19. The molecule has 0 bridgehead atoms. The van der Waals surface area contributed by atoms with E-state index in [0.717, 1.165) is 43.7 Å². The molecule has 0 spiro atoms. The minimum absolute atomic E-state index is 0.170. The van der Waals surface area contributed by atoms with Gasteiger partial charge in [0.25, 0.3) is 11.8 Å². The molecule has 1 saturated heterocycles. The lowest BCUT2D eigenvalue weighted by Gasteiger charge is -2.36. The number of carbonyl (C=O) groups is 2. The minimum Gasteiger partial charge on any atom is -0.494 e. The molecule has 0 N–H and O–H groups in total. The second-order valence-corrected chi connectivity index (χ2v) is 8.86. The molecule has 30 heavy (non-hydrogen) atoms. The number of benzene rings is 1. The van der Waals surface area contributed by atoms with Crippen LogP contribution in [0, 0.1) is 5.92 Å². The third-order valence-corrected chi connectivity index (χ3v) is 5.90. The zero-order chi connectivity index (χ0) is 21.8. The number of nitrogens with zero attached hydrogens (tertiary/aromatic N) is 3. The molecular formula is C24H35N3O3. The Balaban J connectivity index is 1.96. The van der Waals surface area contributed by atoms with E-state index in [9.17, 15) is 9.59 Å². The lowest BCUT2D eigenvalue weighted by molar-refractivity contribution is -0.138. The number of likely N-dealkylation sites (tertiary alicyclic amines) is 1. The van der Waals surface area contributed by atoms with Crippen molar-refractivity contribution < 1.29 is 14.3 Å². The molecule has 164 valence electrons. The van der Waals surface area contributed by atoms with Crippen LogP contribution in [-0.4, -0.2) is 72.9 Å². The van der Waals surface area contributed by atoms with Crippen LogP contribution >= 0.6 is 0 Å². The van der Waals surface area contributed by atoms with Crippen LogP contribution in [0.2, 0.25) is 0 Å². The van der Waals surface area contributed by atoms with Gasteiger partial charge in [0.1, 0.15) is 11.4 Å². The summed E-state index contributed by atoms with van der Waals surface area (Å²) in [7, 11) is 4.09. The number of amides is 2. The van der Waals surface area contributed by atoms with Crippen LogP contribution in [0.5, 0.6) is 5.75 Å². The van der Waals surface area contributed by atoms with Crippen molar-refractivity contribution in [3.05, 3.63) is 35.5 Å². The van der Waals surface area contributed by atoms with Crippen LogP contribution in [-0.2, 0) is 9.59 Å². The van der Waals surface area contributed by atoms with Gasteiger partial charge in [-0.25, -0.2) is 0 Å². The average Bonchev–Trinajstić information content (AvgIpc) is 2.97. The van der Waals surface area contributed by atoms with Crippen LogP contribution in [0.3, 0.4) is 0 Å². The number of hydrogen-bond donors (Lipinski definition) is 0. The maximum Gasteiger partial charge on any atom is 0.277 e. The van der Waals surface area contributed by atoms with Gasteiger partial charge in [-0.3, -0.25) is 14.5 Å². The van der Waals surface area contributed by atoms with E-state index in [1.165, 1.54) is 4.90 Å². The van der Waals surface area contributed by atoms with E-state index in [0.29, 0.717) is 24.4 Å². The number of carbonyl (C=O) groups excluding carboxylic acids is 2. The van der Waals surface area contributed by atoms with Gasteiger partial charge in [-0.1, -0.05) is 32.9 Å². The van der Waals surface area contributed by atoms with Crippen molar-refractivity contribution in [1.82, 2.24) is 14.7 Å². The summed E-state index contributed by atoms with van der Waals surface area (Å²) >= 11 is 0. The smallest absolute Gasteiger partial charge is 0.277 e. The summed E-state index contributed by atoms with van der Waals surface area (Å²) in [6, 6.07) is 7.82. The summed E-state index contributed by atoms with van der Waals surface area (Å²) in [6.45, 7) is 9.21. The SMILES string of the molecule is CCCOc1ccc(C2=C(N(C)C3CCN(C)CC3)C(=O)N(CC(C)C)C2=O)cc1. The summed E-state index contributed by atoms with van der Waals surface area (Å²) in [5.74, 6) is 0.640. The van der Waals surface area contributed by atoms with Gasteiger partial charge in [0, 0.05) is 19.6 Å². The molecule has 1 aromatic carbocycles. The van der Waals surface area contributed by atoms with Crippen LogP contribution in [0.4, 0.5) is 0 Å². The zero-order valence-electron chi connectivity index (χ0n) is 19.0. The third-order valence-electron chi connectivity index (χ3n) is 5.90. The lowest BCUT2D eigenvalue weighted by Crippen LogP contribution is -2.44. The van der Waals surface area contributed by atoms with E-state index in [1.54, 1.807) is 0 Å². The van der Waals surface area contributed by atoms with Gasteiger partial charge in [-0.2, -0.15) is 0 Å². The molecule has 0 unspecified atom stereocenters. The number of hydrogen-bond acceptors (Lipinski definition) is 5. The van der Waals surface area contributed by atoms with Crippen molar-refractivity contribution in [2.75, 3.05) is 40.3 Å². The Hall–Kier alpha value is -2.34. The predicted octanol–water partition coefficient (Wildman–Crippen LogP) is 3.24. The van der Waals surface area contributed by atoms with Gasteiger partial charge in [-0.15, -0.1) is 0 Å². The molecule has 2 amide bonds. The molecule has 0 aromatic heterocycles. The maximum absolute atomic E-state index is 13.4. The van der Waals surface area contributed by atoms with Gasteiger partial charge < -0.3 is 14.5 Å². The molecule has 6 heteroatoms. The van der Waals surface area contributed by atoms with E-state index in [4.69, 9.17) is 4.74 Å². The summed E-state index contributed by atoms with van der Waals surface area (Å²) < 4.78 is 5.68. The normalized spacial score (nSPS) is 18.7. The lowest BCUT2D eigenvalue weighted by atomic mass is 10.00. The monoisotopic (exact) mass is 413 g/mol. The van der Waals surface area contributed by atoms with E-state index >= 15 is 0 Å². The number of piperidine rings is 1. The van der Waals surface area contributed by atoms with Crippen LogP contribution in [0.15, 0.2) is 30.0 Å². The molecule has 2 aliphatic heterocycles. The third kappa shape index (κ3) is 4.69. The highest BCUT2D eigenvalue weighted by atomic mass is 16.5. The molecule has 2 aliphatic rings. The fourth-order valence-corrected chi connectivity index (χ4v) is 4.18. The van der Waals surface area contributed by atoms with Crippen molar-refractivity contribution in [1.29, 1.82) is 0 Å². The Labute approximate surface area is 180 Å². The number of rotatable bonds is 8. The molecule has 0 radical (unpaired) electrons. The van der Waals surface area contributed by atoms with Gasteiger partial charge in [0.05, 0.1) is 12.2 Å². The predicted molar refractivity (Wildman–Crippen MR) is 119 cm³/mol. The van der Waals surface area contributed by atoms with Crippen molar-refractivity contribution in [2.45, 2.75) is 46.1 Å². The Morgan fingerprint density at radius 3 is 2.30 bits per heavy atom.